The number of sulfonamides is 1. The fourth-order valence-corrected chi connectivity index (χ4v) is 9.04. The molecule has 0 atom stereocenters. The second kappa shape index (κ2) is 12.5. The van der Waals surface area contributed by atoms with Gasteiger partial charge in [-0.1, -0.05) is 49.4 Å². The van der Waals surface area contributed by atoms with Crippen molar-refractivity contribution in [2.24, 2.45) is 0 Å². The first-order valence-electron chi connectivity index (χ1n) is 14.1. The average molecular weight is 647 g/mol. The van der Waals surface area contributed by atoms with E-state index in [-0.39, 0.29) is 17.3 Å². The molecule has 1 aliphatic rings. The number of aromatic nitrogens is 1. The fraction of sp³-hybridized carbons (Fsp3) is 0.219. The first-order chi connectivity index (χ1) is 21.3. The summed E-state index contributed by atoms with van der Waals surface area (Å²) in [6.45, 7) is 3.24. The minimum atomic E-state index is -3.77. The van der Waals surface area contributed by atoms with Gasteiger partial charge in [-0.15, -0.1) is 22.7 Å². The number of fused-ring (bicyclic) bond motifs is 2. The van der Waals surface area contributed by atoms with Gasteiger partial charge in [-0.3, -0.25) is 4.79 Å². The molecule has 0 saturated heterocycles. The highest BCUT2D eigenvalue weighted by Crippen LogP contribution is 2.46. The van der Waals surface area contributed by atoms with Crippen LogP contribution in [0.25, 0.3) is 20.8 Å². The van der Waals surface area contributed by atoms with Crippen LogP contribution in [0.5, 0.6) is 0 Å². The number of benzene rings is 3. The lowest BCUT2D eigenvalue weighted by atomic mass is 10.0. The summed E-state index contributed by atoms with van der Waals surface area (Å²) < 4.78 is 34.2. The molecule has 1 aliphatic heterocycles. The molecule has 0 unspecified atom stereocenters. The van der Waals surface area contributed by atoms with Crippen LogP contribution in [-0.4, -0.2) is 54.8 Å². The van der Waals surface area contributed by atoms with Gasteiger partial charge in [0.1, 0.15) is 10.0 Å². The van der Waals surface area contributed by atoms with Crippen molar-refractivity contribution < 1.29 is 22.7 Å². The number of rotatable bonds is 8. The topological polar surface area (TPSA) is 109 Å². The predicted octanol–water partition coefficient (Wildman–Crippen LogP) is 6.61. The third kappa shape index (κ3) is 5.85. The van der Waals surface area contributed by atoms with Crippen molar-refractivity contribution in [3.05, 3.63) is 100 Å². The summed E-state index contributed by atoms with van der Waals surface area (Å²) in [4.78, 5) is 33.4. The number of methoxy groups -OCH3 is 1. The molecule has 0 aliphatic carbocycles. The molecule has 9 nitrogen and oxygen atoms in total. The quantitative estimate of drug-likeness (QED) is 0.203. The summed E-state index contributed by atoms with van der Waals surface area (Å²) in [5, 5.41) is 4.50. The number of nitrogens with zero attached hydrogens (tertiary/aromatic N) is 3. The van der Waals surface area contributed by atoms with Gasteiger partial charge in [-0.05, 0) is 53.9 Å². The van der Waals surface area contributed by atoms with Gasteiger partial charge in [0.2, 0.25) is 10.0 Å². The van der Waals surface area contributed by atoms with Crippen molar-refractivity contribution in [2.75, 3.05) is 25.5 Å². The maximum Gasteiger partial charge on any atom is 0.409 e. The molecule has 0 fully saturated rings. The molecule has 2 amide bonds. The van der Waals surface area contributed by atoms with Crippen LogP contribution >= 0.6 is 22.7 Å². The van der Waals surface area contributed by atoms with Crippen LogP contribution in [0.15, 0.2) is 83.8 Å². The number of carbonyl (C=O) groups is 2. The first kappa shape index (κ1) is 29.9. The van der Waals surface area contributed by atoms with E-state index in [9.17, 15) is 18.0 Å². The smallest absolute Gasteiger partial charge is 0.409 e. The maximum atomic E-state index is 13.5. The second-order valence-corrected chi connectivity index (χ2v) is 14.3. The molecule has 5 aromatic rings. The number of thiophene rings is 1. The number of hydrogen-bond donors (Lipinski definition) is 1. The third-order valence-corrected chi connectivity index (χ3v) is 11.7. The minimum Gasteiger partial charge on any atom is -0.453 e. The molecule has 226 valence electrons. The van der Waals surface area contributed by atoms with E-state index in [2.05, 4.69) is 5.32 Å². The molecule has 6 rings (SSSR count). The molecule has 0 bridgehead atoms. The van der Waals surface area contributed by atoms with Gasteiger partial charge in [-0.25, -0.2) is 18.2 Å². The summed E-state index contributed by atoms with van der Waals surface area (Å²) in [7, 11) is -2.40. The third-order valence-electron chi connectivity index (χ3n) is 7.53. The zero-order valence-electron chi connectivity index (χ0n) is 24.1. The van der Waals surface area contributed by atoms with Crippen LogP contribution in [0.4, 0.5) is 9.80 Å². The van der Waals surface area contributed by atoms with Crippen molar-refractivity contribution in [1.82, 2.24) is 14.2 Å². The van der Waals surface area contributed by atoms with Gasteiger partial charge in [0, 0.05) is 35.6 Å². The summed E-state index contributed by atoms with van der Waals surface area (Å²) >= 11 is 2.97. The number of amides is 2. The SMILES string of the molecule is CCN(Cc1ccccc1)S(=O)(=O)c1ccc(C(=O)Nc2sc3c(c2-c2nc4ccccc4s2)CCN(C(=O)OC)C3)cc1. The molecular formula is C32H30N4O5S3. The molecule has 12 heteroatoms. The molecule has 44 heavy (non-hydrogen) atoms. The lowest BCUT2D eigenvalue weighted by molar-refractivity contribution is 0.102. The van der Waals surface area contributed by atoms with Gasteiger partial charge in [0.05, 0.1) is 28.8 Å². The monoisotopic (exact) mass is 646 g/mol. The van der Waals surface area contributed by atoms with Gasteiger partial charge >= 0.3 is 6.09 Å². The van der Waals surface area contributed by atoms with Crippen molar-refractivity contribution in [1.29, 1.82) is 0 Å². The van der Waals surface area contributed by atoms with Crippen LogP contribution in [-0.2, 0) is 34.3 Å². The number of nitrogens with one attached hydrogen (secondary N) is 1. The molecule has 2 aromatic heterocycles. The fourth-order valence-electron chi connectivity index (χ4n) is 5.24. The van der Waals surface area contributed by atoms with E-state index in [4.69, 9.17) is 9.72 Å². The van der Waals surface area contributed by atoms with E-state index in [0.29, 0.717) is 36.6 Å². The Balaban J connectivity index is 1.28. The lowest BCUT2D eigenvalue weighted by Crippen LogP contribution is -2.35. The molecule has 0 saturated carbocycles. The van der Waals surface area contributed by atoms with Crippen molar-refractivity contribution in [3.8, 4) is 10.6 Å². The highest BCUT2D eigenvalue weighted by atomic mass is 32.2. The highest BCUT2D eigenvalue weighted by molar-refractivity contribution is 7.89. The lowest BCUT2D eigenvalue weighted by Gasteiger charge is -2.25. The maximum absolute atomic E-state index is 13.5. The van der Waals surface area contributed by atoms with Gasteiger partial charge in [0.25, 0.3) is 5.91 Å². The summed E-state index contributed by atoms with van der Waals surface area (Å²) in [5.41, 5.74) is 4.02. The highest BCUT2D eigenvalue weighted by Gasteiger charge is 2.30. The van der Waals surface area contributed by atoms with E-state index in [0.717, 1.165) is 36.8 Å². The van der Waals surface area contributed by atoms with Crippen LogP contribution in [0, 0.1) is 0 Å². The number of para-hydroxylation sites is 1. The Morgan fingerprint density at radius 2 is 1.73 bits per heavy atom. The molecule has 1 N–H and O–H groups in total. The van der Waals surface area contributed by atoms with E-state index in [1.165, 1.54) is 47.0 Å². The van der Waals surface area contributed by atoms with Crippen molar-refractivity contribution in [3.63, 3.8) is 0 Å². The first-order valence-corrected chi connectivity index (χ1v) is 17.1. The number of ether oxygens (including phenoxy) is 1. The number of anilines is 1. The Labute approximate surface area is 263 Å². The Morgan fingerprint density at radius 3 is 2.43 bits per heavy atom. The van der Waals surface area contributed by atoms with E-state index < -0.39 is 16.1 Å². The number of hydrogen-bond acceptors (Lipinski definition) is 8. The van der Waals surface area contributed by atoms with Gasteiger partial charge < -0.3 is 15.0 Å². The zero-order chi connectivity index (χ0) is 30.8. The summed E-state index contributed by atoms with van der Waals surface area (Å²) in [5.74, 6) is -0.364. The number of carbonyl (C=O) groups excluding carboxylic acids is 2. The van der Waals surface area contributed by atoms with E-state index in [1.54, 1.807) is 23.2 Å². The van der Waals surface area contributed by atoms with Gasteiger partial charge in [-0.2, -0.15) is 4.31 Å². The Kier molecular flexibility index (Phi) is 8.50. The Bertz CT molecular complexity index is 1900. The number of thiazole rings is 1. The largest absolute Gasteiger partial charge is 0.453 e. The molecule has 3 aromatic carbocycles. The summed E-state index contributed by atoms with van der Waals surface area (Å²) in [6.07, 6.45) is 0.211. The second-order valence-electron chi connectivity index (χ2n) is 10.2. The van der Waals surface area contributed by atoms with Crippen LogP contribution < -0.4 is 5.32 Å². The van der Waals surface area contributed by atoms with E-state index >= 15 is 0 Å². The molecule has 3 heterocycles. The molecule has 0 spiro atoms. The molecule has 0 radical (unpaired) electrons. The zero-order valence-corrected chi connectivity index (χ0v) is 26.6. The van der Waals surface area contributed by atoms with Crippen LogP contribution in [0.1, 0.15) is 33.3 Å². The van der Waals surface area contributed by atoms with E-state index in [1.807, 2.05) is 54.6 Å². The predicted molar refractivity (Wildman–Crippen MR) is 174 cm³/mol. The van der Waals surface area contributed by atoms with Crippen LogP contribution in [0.3, 0.4) is 0 Å². The van der Waals surface area contributed by atoms with Gasteiger partial charge in [0.15, 0.2) is 0 Å². The standard InChI is InChI=1S/C32H30N4O5S3/c1-3-36(19-21-9-5-4-6-10-21)44(39,40)23-15-13-22(14-16-23)29(37)34-31-28(30-33-25-11-7-8-12-26(25)42-30)24-17-18-35(32(38)41-2)20-27(24)43-31/h4-16H,3,17-20H2,1-2H3,(H,34,37). The normalized spacial score (nSPS) is 13.2. The molecular weight excluding hydrogens is 617 g/mol. The Hall–Kier alpha value is -4.10. The average Bonchev–Trinajstić information content (AvgIpc) is 3.63. The summed E-state index contributed by atoms with van der Waals surface area (Å²) in [6, 6.07) is 23.3. The van der Waals surface area contributed by atoms with Crippen LogP contribution in [0.2, 0.25) is 0 Å². The van der Waals surface area contributed by atoms with Crippen molar-refractivity contribution >= 4 is 59.9 Å². The minimum absolute atomic E-state index is 0.122. The Morgan fingerprint density at radius 1 is 1.00 bits per heavy atom. The van der Waals surface area contributed by atoms with Crippen molar-refractivity contribution in [2.45, 2.75) is 31.3 Å².